The van der Waals surface area contributed by atoms with E-state index in [9.17, 15) is 8.42 Å². The van der Waals surface area contributed by atoms with E-state index in [0.717, 1.165) is 23.6 Å². The third-order valence-electron chi connectivity index (χ3n) is 4.39. The molecule has 9 heteroatoms. The van der Waals surface area contributed by atoms with E-state index >= 15 is 0 Å². The maximum Gasteiger partial charge on any atom is 0.224 e. The molecule has 0 aliphatic carbocycles. The van der Waals surface area contributed by atoms with Gasteiger partial charge in [-0.15, -0.1) is 0 Å². The minimum Gasteiger partial charge on any atom is -0.354 e. The molecule has 1 N–H and O–H groups in total. The summed E-state index contributed by atoms with van der Waals surface area (Å²) in [7, 11) is -3.36. The first-order valence-electron chi connectivity index (χ1n) is 8.94. The number of aryl methyl sites for hydroxylation is 1. The van der Waals surface area contributed by atoms with Crippen LogP contribution in [0.25, 0.3) is 0 Å². The lowest BCUT2D eigenvalue weighted by Crippen LogP contribution is -2.49. The molecule has 146 valence electrons. The van der Waals surface area contributed by atoms with Crippen molar-refractivity contribution in [1.29, 1.82) is 0 Å². The molecule has 7 nitrogen and oxygen atoms in total. The van der Waals surface area contributed by atoms with Gasteiger partial charge in [-0.25, -0.2) is 13.4 Å². The first-order chi connectivity index (χ1) is 12.9. The molecule has 0 spiro atoms. The summed E-state index contributed by atoms with van der Waals surface area (Å²) in [6.45, 7) is 6.75. The number of anilines is 2. The Kier molecular flexibility index (Phi) is 6.18. The molecule has 1 aliphatic heterocycles. The van der Waals surface area contributed by atoms with Crippen molar-refractivity contribution in [3.8, 4) is 0 Å². The van der Waals surface area contributed by atoms with Crippen molar-refractivity contribution in [3.05, 3.63) is 46.6 Å². The van der Waals surface area contributed by atoms with Crippen molar-refractivity contribution in [3.63, 3.8) is 0 Å². The van der Waals surface area contributed by atoms with E-state index in [4.69, 9.17) is 11.6 Å². The standard InChI is InChI=1S/C18H24ClN5O2S/c1-3-20-18-21-14(2)12-17(22-18)23-8-10-24(11-9-23)27(25,26)13-15-4-6-16(19)7-5-15/h4-7,12H,3,8-11,13H2,1-2H3,(H,20,21,22). The van der Waals surface area contributed by atoms with E-state index < -0.39 is 10.0 Å². The Morgan fingerprint density at radius 1 is 1.11 bits per heavy atom. The van der Waals surface area contributed by atoms with Gasteiger partial charge in [-0.3, -0.25) is 0 Å². The quantitative estimate of drug-likeness (QED) is 0.789. The van der Waals surface area contributed by atoms with E-state index in [2.05, 4.69) is 20.2 Å². The fourth-order valence-electron chi connectivity index (χ4n) is 3.03. The summed E-state index contributed by atoms with van der Waals surface area (Å²) >= 11 is 5.87. The number of aromatic nitrogens is 2. The molecule has 1 saturated heterocycles. The lowest BCUT2D eigenvalue weighted by atomic mass is 10.2. The first kappa shape index (κ1) is 19.9. The number of sulfonamides is 1. The molecule has 27 heavy (non-hydrogen) atoms. The fraction of sp³-hybridized carbons (Fsp3) is 0.444. The van der Waals surface area contributed by atoms with Gasteiger partial charge in [0, 0.05) is 49.5 Å². The van der Waals surface area contributed by atoms with Crippen molar-refractivity contribution in [2.75, 3.05) is 42.9 Å². The van der Waals surface area contributed by atoms with Crippen LogP contribution in [0.4, 0.5) is 11.8 Å². The second-order valence-corrected chi connectivity index (χ2v) is 8.90. The predicted molar refractivity (Wildman–Crippen MR) is 109 cm³/mol. The minimum absolute atomic E-state index is 0.0125. The maximum absolute atomic E-state index is 12.7. The second-order valence-electron chi connectivity index (χ2n) is 6.49. The minimum atomic E-state index is -3.36. The van der Waals surface area contributed by atoms with Gasteiger partial charge in [-0.1, -0.05) is 23.7 Å². The van der Waals surface area contributed by atoms with Crippen LogP contribution in [0.5, 0.6) is 0 Å². The van der Waals surface area contributed by atoms with Crippen LogP contribution in [-0.2, 0) is 15.8 Å². The van der Waals surface area contributed by atoms with E-state index in [-0.39, 0.29) is 5.75 Å². The normalized spacial score (nSPS) is 15.7. The Morgan fingerprint density at radius 3 is 2.41 bits per heavy atom. The number of halogens is 1. The monoisotopic (exact) mass is 409 g/mol. The van der Waals surface area contributed by atoms with Gasteiger partial charge >= 0.3 is 0 Å². The Balaban J connectivity index is 1.65. The highest BCUT2D eigenvalue weighted by Crippen LogP contribution is 2.20. The smallest absolute Gasteiger partial charge is 0.224 e. The van der Waals surface area contributed by atoms with Crippen LogP contribution in [0, 0.1) is 6.92 Å². The Hall–Kier alpha value is -1.90. The highest BCUT2D eigenvalue weighted by Gasteiger charge is 2.27. The van der Waals surface area contributed by atoms with Crippen LogP contribution in [-0.4, -0.2) is 55.4 Å². The molecular weight excluding hydrogens is 386 g/mol. The third-order valence-corrected chi connectivity index (χ3v) is 6.50. The predicted octanol–water partition coefficient (Wildman–Crippen LogP) is 2.52. The molecule has 1 aliphatic rings. The van der Waals surface area contributed by atoms with E-state index in [1.165, 1.54) is 0 Å². The molecule has 1 fully saturated rings. The largest absolute Gasteiger partial charge is 0.354 e. The summed E-state index contributed by atoms with van der Waals surface area (Å²) in [6, 6.07) is 8.86. The Bertz CT molecular complexity index is 881. The number of nitrogens with zero attached hydrogens (tertiary/aromatic N) is 4. The molecule has 3 rings (SSSR count). The zero-order chi connectivity index (χ0) is 19.4. The van der Waals surface area contributed by atoms with E-state index in [1.807, 2.05) is 19.9 Å². The van der Waals surface area contributed by atoms with Gasteiger partial charge in [0.1, 0.15) is 5.82 Å². The van der Waals surface area contributed by atoms with Gasteiger partial charge in [0.25, 0.3) is 0 Å². The zero-order valence-electron chi connectivity index (χ0n) is 15.5. The molecular formula is C18H24ClN5O2S. The number of hydrogen-bond donors (Lipinski definition) is 1. The molecule has 0 atom stereocenters. The summed E-state index contributed by atoms with van der Waals surface area (Å²) in [5.41, 5.74) is 1.62. The van der Waals surface area contributed by atoms with Gasteiger partial charge in [0.15, 0.2) is 0 Å². The molecule has 1 aromatic heterocycles. The van der Waals surface area contributed by atoms with Crippen molar-refractivity contribution >= 4 is 33.4 Å². The highest BCUT2D eigenvalue weighted by atomic mass is 35.5. The van der Waals surface area contributed by atoms with E-state index in [0.29, 0.717) is 37.1 Å². The van der Waals surface area contributed by atoms with Crippen LogP contribution in [0.1, 0.15) is 18.2 Å². The Labute approximate surface area is 165 Å². The SMILES string of the molecule is CCNc1nc(C)cc(N2CCN(S(=O)(=O)Cc3ccc(Cl)cc3)CC2)n1. The second kappa shape index (κ2) is 8.41. The van der Waals surface area contributed by atoms with Crippen LogP contribution < -0.4 is 10.2 Å². The molecule has 0 saturated carbocycles. The first-order valence-corrected chi connectivity index (χ1v) is 10.9. The molecule has 2 aromatic rings. The van der Waals surface area contributed by atoms with Gasteiger partial charge < -0.3 is 10.2 Å². The summed E-state index contributed by atoms with van der Waals surface area (Å²) in [6.07, 6.45) is 0. The van der Waals surface area contributed by atoms with Gasteiger partial charge in [0.05, 0.1) is 5.75 Å². The van der Waals surface area contributed by atoms with Crippen LogP contribution in [0.3, 0.4) is 0 Å². The van der Waals surface area contributed by atoms with Crippen molar-refractivity contribution in [2.24, 2.45) is 0 Å². The molecule has 0 unspecified atom stereocenters. The van der Waals surface area contributed by atoms with Crippen molar-refractivity contribution in [2.45, 2.75) is 19.6 Å². The molecule has 1 aromatic carbocycles. The summed E-state index contributed by atoms with van der Waals surface area (Å²) in [5.74, 6) is 1.42. The van der Waals surface area contributed by atoms with Crippen molar-refractivity contribution in [1.82, 2.24) is 14.3 Å². The number of piperazine rings is 1. The zero-order valence-corrected chi connectivity index (χ0v) is 17.1. The van der Waals surface area contributed by atoms with Crippen LogP contribution in [0.2, 0.25) is 5.02 Å². The lowest BCUT2D eigenvalue weighted by Gasteiger charge is -2.34. The number of hydrogen-bond acceptors (Lipinski definition) is 6. The average molecular weight is 410 g/mol. The van der Waals surface area contributed by atoms with Gasteiger partial charge in [0.2, 0.25) is 16.0 Å². The maximum atomic E-state index is 12.7. The fourth-order valence-corrected chi connectivity index (χ4v) is 4.67. The molecule has 0 amide bonds. The number of nitrogens with one attached hydrogen (secondary N) is 1. The van der Waals surface area contributed by atoms with E-state index in [1.54, 1.807) is 28.6 Å². The van der Waals surface area contributed by atoms with Crippen LogP contribution >= 0.6 is 11.6 Å². The molecule has 0 radical (unpaired) electrons. The summed E-state index contributed by atoms with van der Waals surface area (Å²) < 4.78 is 27.0. The number of benzene rings is 1. The summed E-state index contributed by atoms with van der Waals surface area (Å²) in [5, 5.41) is 3.73. The lowest BCUT2D eigenvalue weighted by molar-refractivity contribution is 0.383. The third kappa shape index (κ3) is 5.09. The molecule has 2 heterocycles. The highest BCUT2D eigenvalue weighted by molar-refractivity contribution is 7.88. The van der Waals surface area contributed by atoms with Gasteiger partial charge in [-0.2, -0.15) is 9.29 Å². The average Bonchev–Trinajstić information content (AvgIpc) is 2.63. The van der Waals surface area contributed by atoms with Gasteiger partial charge in [-0.05, 0) is 31.5 Å². The Morgan fingerprint density at radius 2 is 1.78 bits per heavy atom. The molecule has 0 bridgehead atoms. The van der Waals surface area contributed by atoms with Crippen molar-refractivity contribution < 1.29 is 8.42 Å². The topological polar surface area (TPSA) is 78.4 Å². The number of rotatable bonds is 6. The summed E-state index contributed by atoms with van der Waals surface area (Å²) in [4.78, 5) is 11.0. The van der Waals surface area contributed by atoms with Crippen LogP contribution in [0.15, 0.2) is 30.3 Å².